The van der Waals surface area contributed by atoms with Crippen LogP contribution in [0.25, 0.3) is 11.4 Å². The van der Waals surface area contributed by atoms with Crippen molar-refractivity contribution in [3.63, 3.8) is 0 Å². The van der Waals surface area contributed by atoms with Gasteiger partial charge < -0.3 is 24.1 Å². The summed E-state index contributed by atoms with van der Waals surface area (Å²) in [6.45, 7) is 0. The monoisotopic (exact) mass is 440 g/mol. The second-order valence-corrected chi connectivity index (χ2v) is 6.61. The number of hydrogen-bond acceptors (Lipinski definition) is 8. The molecule has 9 nitrogen and oxygen atoms in total. The molecule has 1 amide bonds. The first kappa shape index (κ1) is 22.6. The standard InChI is InChI=1S/C22H21FN4O5/c1-29-17-10-14(11-18(30-2)21(17)31-3)16(12-24)25-19(28)8-9-20-26-22(27-32-20)13-4-6-15(23)7-5-13/h4-7,10-11,16H,8-9H2,1-3H3,(H,25,28). The first-order valence-corrected chi connectivity index (χ1v) is 9.56. The van der Waals surface area contributed by atoms with E-state index >= 15 is 0 Å². The van der Waals surface area contributed by atoms with Crippen LogP contribution >= 0.6 is 0 Å². The molecule has 0 saturated heterocycles. The number of methoxy groups -OCH3 is 3. The third-order valence-corrected chi connectivity index (χ3v) is 4.59. The molecule has 32 heavy (non-hydrogen) atoms. The Morgan fingerprint density at radius 1 is 1.16 bits per heavy atom. The molecule has 0 aliphatic rings. The normalized spacial score (nSPS) is 11.3. The Bertz CT molecular complexity index is 1100. The topological polar surface area (TPSA) is 120 Å². The number of amides is 1. The summed E-state index contributed by atoms with van der Waals surface area (Å²) >= 11 is 0. The lowest BCUT2D eigenvalue weighted by Crippen LogP contribution is -2.27. The van der Waals surface area contributed by atoms with Gasteiger partial charge in [-0.1, -0.05) is 5.16 Å². The average Bonchev–Trinajstić information content (AvgIpc) is 3.29. The molecule has 0 aliphatic heterocycles. The van der Waals surface area contributed by atoms with E-state index in [1.165, 1.54) is 45.6 Å². The smallest absolute Gasteiger partial charge is 0.227 e. The molecule has 1 atom stereocenters. The number of hydrogen-bond donors (Lipinski definition) is 1. The molecule has 0 saturated carbocycles. The van der Waals surface area contributed by atoms with Crippen molar-refractivity contribution in [2.75, 3.05) is 21.3 Å². The van der Waals surface area contributed by atoms with Crippen LogP contribution in [-0.2, 0) is 11.2 Å². The van der Waals surface area contributed by atoms with Crippen molar-refractivity contribution in [1.29, 1.82) is 5.26 Å². The number of carbonyl (C=O) groups excluding carboxylic acids is 1. The van der Waals surface area contributed by atoms with Gasteiger partial charge in [-0.05, 0) is 42.0 Å². The van der Waals surface area contributed by atoms with Crippen molar-refractivity contribution in [3.05, 3.63) is 53.7 Å². The third-order valence-electron chi connectivity index (χ3n) is 4.59. The van der Waals surface area contributed by atoms with Crippen molar-refractivity contribution in [3.8, 4) is 34.7 Å². The molecule has 1 heterocycles. The Morgan fingerprint density at radius 3 is 2.38 bits per heavy atom. The SMILES string of the molecule is COc1cc(C(C#N)NC(=O)CCc2nc(-c3ccc(F)cc3)no2)cc(OC)c1OC. The molecule has 0 bridgehead atoms. The maximum absolute atomic E-state index is 13.0. The number of halogens is 1. The van der Waals surface area contributed by atoms with E-state index in [4.69, 9.17) is 18.7 Å². The summed E-state index contributed by atoms with van der Waals surface area (Å²) in [5.74, 6) is 0.926. The molecule has 0 radical (unpaired) electrons. The minimum Gasteiger partial charge on any atom is -0.493 e. The molecule has 10 heteroatoms. The van der Waals surface area contributed by atoms with Gasteiger partial charge >= 0.3 is 0 Å². The van der Waals surface area contributed by atoms with E-state index in [1.54, 1.807) is 12.1 Å². The number of nitrogens with one attached hydrogen (secondary N) is 1. The number of nitriles is 1. The molecule has 0 spiro atoms. The van der Waals surface area contributed by atoms with Gasteiger partial charge in [0.15, 0.2) is 11.5 Å². The molecule has 1 N–H and O–H groups in total. The predicted molar refractivity (Wildman–Crippen MR) is 111 cm³/mol. The van der Waals surface area contributed by atoms with Crippen molar-refractivity contribution < 1.29 is 27.9 Å². The largest absolute Gasteiger partial charge is 0.493 e. The summed E-state index contributed by atoms with van der Waals surface area (Å²) in [5, 5.41) is 16.1. The van der Waals surface area contributed by atoms with E-state index in [9.17, 15) is 14.4 Å². The van der Waals surface area contributed by atoms with Crippen LogP contribution in [0.4, 0.5) is 4.39 Å². The van der Waals surface area contributed by atoms with Crippen molar-refractivity contribution in [2.45, 2.75) is 18.9 Å². The quantitative estimate of drug-likeness (QED) is 0.539. The summed E-state index contributed by atoms with van der Waals surface area (Å²) in [6, 6.07) is 9.97. The number of carbonyl (C=O) groups is 1. The number of benzene rings is 2. The summed E-state index contributed by atoms with van der Waals surface area (Å²) in [5.41, 5.74) is 1.07. The molecule has 1 aromatic heterocycles. The van der Waals surface area contributed by atoms with Crippen LogP contribution < -0.4 is 19.5 Å². The van der Waals surface area contributed by atoms with E-state index in [2.05, 4.69) is 21.5 Å². The van der Waals surface area contributed by atoms with Gasteiger partial charge in [0.25, 0.3) is 0 Å². The molecule has 3 aromatic rings. The maximum Gasteiger partial charge on any atom is 0.227 e. The van der Waals surface area contributed by atoms with E-state index in [-0.39, 0.29) is 30.5 Å². The number of aryl methyl sites for hydroxylation is 1. The number of ether oxygens (including phenoxy) is 3. The van der Waals surface area contributed by atoms with Gasteiger partial charge in [0.05, 0.1) is 27.4 Å². The van der Waals surface area contributed by atoms with Crippen LogP contribution in [0.1, 0.15) is 23.9 Å². The average molecular weight is 440 g/mol. The number of rotatable bonds is 9. The zero-order chi connectivity index (χ0) is 23.1. The fourth-order valence-electron chi connectivity index (χ4n) is 2.98. The second-order valence-electron chi connectivity index (χ2n) is 6.61. The first-order chi connectivity index (χ1) is 15.5. The van der Waals surface area contributed by atoms with E-state index in [0.717, 1.165) is 0 Å². The zero-order valence-corrected chi connectivity index (χ0v) is 17.7. The molecule has 0 aliphatic carbocycles. The first-order valence-electron chi connectivity index (χ1n) is 9.56. The van der Waals surface area contributed by atoms with Gasteiger partial charge in [-0.3, -0.25) is 4.79 Å². The van der Waals surface area contributed by atoms with Crippen molar-refractivity contribution in [1.82, 2.24) is 15.5 Å². The number of nitrogens with zero attached hydrogens (tertiary/aromatic N) is 3. The zero-order valence-electron chi connectivity index (χ0n) is 17.7. The van der Waals surface area contributed by atoms with Crippen molar-refractivity contribution in [2.24, 2.45) is 0 Å². The number of aromatic nitrogens is 2. The summed E-state index contributed by atoms with van der Waals surface area (Å²) < 4.78 is 34.1. The van der Waals surface area contributed by atoms with Crippen LogP contribution in [0.3, 0.4) is 0 Å². The molecule has 0 fully saturated rings. The predicted octanol–water partition coefficient (Wildman–Crippen LogP) is 3.22. The van der Waals surface area contributed by atoms with Crippen LogP contribution in [0.5, 0.6) is 17.2 Å². The van der Waals surface area contributed by atoms with Gasteiger partial charge in [-0.15, -0.1) is 0 Å². The highest BCUT2D eigenvalue weighted by Crippen LogP contribution is 2.39. The summed E-state index contributed by atoms with van der Waals surface area (Å²) in [6.07, 6.45) is 0.196. The fraction of sp³-hybridized carbons (Fsp3) is 0.273. The van der Waals surface area contributed by atoms with E-state index in [0.29, 0.717) is 34.2 Å². The van der Waals surface area contributed by atoms with E-state index in [1.807, 2.05) is 0 Å². The maximum atomic E-state index is 13.0. The highest BCUT2D eigenvalue weighted by Gasteiger charge is 2.20. The Hall–Kier alpha value is -4.13. The Morgan fingerprint density at radius 2 is 1.81 bits per heavy atom. The van der Waals surface area contributed by atoms with Crippen LogP contribution in [-0.4, -0.2) is 37.4 Å². The minimum absolute atomic E-state index is 0.0215. The van der Waals surface area contributed by atoms with Crippen LogP contribution in [0.15, 0.2) is 40.9 Å². The van der Waals surface area contributed by atoms with Gasteiger partial charge in [-0.25, -0.2) is 4.39 Å². The highest BCUT2D eigenvalue weighted by atomic mass is 19.1. The van der Waals surface area contributed by atoms with E-state index < -0.39 is 6.04 Å². The molecular weight excluding hydrogens is 419 g/mol. The molecule has 1 unspecified atom stereocenters. The van der Waals surface area contributed by atoms with Crippen LogP contribution in [0, 0.1) is 17.1 Å². The molecule has 2 aromatic carbocycles. The summed E-state index contributed by atoms with van der Waals surface area (Å²) in [7, 11) is 4.40. The molecule has 166 valence electrons. The second kappa shape index (κ2) is 10.3. The minimum atomic E-state index is -0.936. The third kappa shape index (κ3) is 5.13. The van der Waals surface area contributed by atoms with Gasteiger partial charge in [-0.2, -0.15) is 10.2 Å². The highest BCUT2D eigenvalue weighted by molar-refractivity contribution is 5.77. The van der Waals surface area contributed by atoms with Crippen molar-refractivity contribution >= 4 is 5.91 Å². The van der Waals surface area contributed by atoms with Gasteiger partial charge in [0.1, 0.15) is 11.9 Å². The van der Waals surface area contributed by atoms with Crippen LogP contribution in [0.2, 0.25) is 0 Å². The van der Waals surface area contributed by atoms with Gasteiger partial charge in [0.2, 0.25) is 23.4 Å². The lowest BCUT2D eigenvalue weighted by molar-refractivity contribution is -0.121. The molecular formula is C22H21FN4O5. The fourth-order valence-corrected chi connectivity index (χ4v) is 2.98. The Labute approximate surface area is 183 Å². The lowest BCUT2D eigenvalue weighted by Gasteiger charge is -2.17. The van der Waals surface area contributed by atoms with Gasteiger partial charge in [0, 0.05) is 18.4 Å². The Balaban J connectivity index is 1.65. The summed E-state index contributed by atoms with van der Waals surface area (Å²) in [4.78, 5) is 16.6. The Kier molecular flexibility index (Phi) is 7.23. The molecule has 3 rings (SSSR count). The lowest BCUT2D eigenvalue weighted by atomic mass is 10.1.